The van der Waals surface area contributed by atoms with Crippen molar-refractivity contribution >= 4 is 0 Å². The summed E-state index contributed by atoms with van der Waals surface area (Å²) in [7, 11) is 0. The Balaban J connectivity index is 2.09. The van der Waals surface area contributed by atoms with Crippen LogP contribution in [0.3, 0.4) is 0 Å². The van der Waals surface area contributed by atoms with E-state index in [9.17, 15) is 5.11 Å². The van der Waals surface area contributed by atoms with Crippen molar-refractivity contribution in [2.24, 2.45) is 0 Å². The van der Waals surface area contributed by atoms with Crippen molar-refractivity contribution in [3.05, 3.63) is 35.4 Å². The van der Waals surface area contributed by atoms with Crippen LogP contribution in [0, 0.1) is 0 Å². The summed E-state index contributed by atoms with van der Waals surface area (Å²) < 4.78 is 0. The molecular formula is C18H29NO. The first-order chi connectivity index (χ1) is 9.22. The molecule has 0 unspecified atom stereocenters. The van der Waals surface area contributed by atoms with Crippen molar-refractivity contribution in [1.82, 2.24) is 4.90 Å². The lowest BCUT2D eigenvalue weighted by Gasteiger charge is -2.44. The number of hydrogen-bond acceptors (Lipinski definition) is 2. The monoisotopic (exact) mass is 275 g/mol. The Kier molecular flexibility index (Phi) is 4.27. The van der Waals surface area contributed by atoms with Crippen LogP contribution in [0.4, 0.5) is 0 Å². The predicted octanol–water partition coefficient (Wildman–Crippen LogP) is 3.89. The minimum Gasteiger partial charge on any atom is -0.385 e. The Labute approximate surface area is 123 Å². The summed E-state index contributed by atoms with van der Waals surface area (Å²) in [6.45, 7) is 13.1. The van der Waals surface area contributed by atoms with Gasteiger partial charge in [0.1, 0.15) is 0 Å². The van der Waals surface area contributed by atoms with Crippen molar-refractivity contribution in [2.75, 3.05) is 13.1 Å². The van der Waals surface area contributed by atoms with E-state index in [4.69, 9.17) is 0 Å². The van der Waals surface area contributed by atoms with Gasteiger partial charge in [-0.1, -0.05) is 38.1 Å². The second-order valence-electron chi connectivity index (χ2n) is 7.47. The third-order valence-corrected chi connectivity index (χ3v) is 4.65. The van der Waals surface area contributed by atoms with Gasteiger partial charge in [-0.2, -0.15) is 0 Å². The Bertz CT molecular complexity index is 433. The molecule has 2 nitrogen and oxygen atoms in total. The van der Waals surface area contributed by atoms with Crippen molar-refractivity contribution in [1.29, 1.82) is 0 Å². The zero-order chi connectivity index (χ0) is 15.0. The Morgan fingerprint density at radius 1 is 1.05 bits per heavy atom. The fourth-order valence-electron chi connectivity index (χ4n) is 3.01. The summed E-state index contributed by atoms with van der Waals surface area (Å²) in [5.41, 5.74) is 1.97. The van der Waals surface area contributed by atoms with Crippen molar-refractivity contribution < 1.29 is 5.11 Å². The van der Waals surface area contributed by atoms with Crippen LogP contribution < -0.4 is 0 Å². The number of likely N-dealkylation sites (tertiary alicyclic amines) is 1. The van der Waals surface area contributed by atoms with Gasteiger partial charge in [-0.25, -0.2) is 0 Å². The van der Waals surface area contributed by atoms with E-state index < -0.39 is 5.60 Å². The molecule has 1 heterocycles. The van der Waals surface area contributed by atoms with E-state index >= 15 is 0 Å². The molecule has 1 aromatic rings. The number of benzene rings is 1. The summed E-state index contributed by atoms with van der Waals surface area (Å²) in [6.07, 6.45) is 1.65. The maximum Gasteiger partial charge on any atom is 0.0920 e. The van der Waals surface area contributed by atoms with E-state index in [1.165, 1.54) is 5.56 Å². The molecule has 0 radical (unpaired) electrons. The minimum atomic E-state index is -0.642. The van der Waals surface area contributed by atoms with Crippen LogP contribution in [0.25, 0.3) is 0 Å². The maximum absolute atomic E-state index is 10.9. The van der Waals surface area contributed by atoms with Crippen LogP contribution in [-0.4, -0.2) is 28.6 Å². The highest BCUT2D eigenvalue weighted by Gasteiger charge is 2.36. The lowest BCUT2D eigenvalue weighted by Crippen LogP contribution is -2.50. The van der Waals surface area contributed by atoms with E-state index in [0.717, 1.165) is 31.5 Å². The van der Waals surface area contributed by atoms with Gasteiger partial charge in [0.15, 0.2) is 0 Å². The first-order valence-electron chi connectivity index (χ1n) is 7.80. The molecule has 1 aliphatic heterocycles. The lowest BCUT2D eigenvalue weighted by molar-refractivity contribution is -0.0461. The van der Waals surface area contributed by atoms with Crippen LogP contribution in [-0.2, 0) is 5.60 Å². The molecule has 1 fully saturated rings. The molecule has 112 valence electrons. The van der Waals surface area contributed by atoms with Gasteiger partial charge < -0.3 is 5.11 Å². The molecule has 0 aliphatic carbocycles. The van der Waals surface area contributed by atoms with E-state index in [1.54, 1.807) is 0 Å². The van der Waals surface area contributed by atoms with Gasteiger partial charge in [0.2, 0.25) is 0 Å². The molecule has 0 atom stereocenters. The van der Waals surface area contributed by atoms with Crippen molar-refractivity contribution in [3.8, 4) is 0 Å². The van der Waals surface area contributed by atoms with Gasteiger partial charge in [-0.15, -0.1) is 0 Å². The molecule has 0 saturated carbocycles. The number of rotatable bonds is 2. The summed E-state index contributed by atoms with van der Waals surface area (Å²) in [5.74, 6) is 0.543. The van der Waals surface area contributed by atoms with Crippen LogP contribution in [0.1, 0.15) is 64.5 Å². The molecule has 1 N–H and O–H groups in total. The van der Waals surface area contributed by atoms with Crippen LogP contribution in [0.5, 0.6) is 0 Å². The quantitative estimate of drug-likeness (QED) is 0.885. The van der Waals surface area contributed by atoms with Gasteiger partial charge >= 0.3 is 0 Å². The topological polar surface area (TPSA) is 23.5 Å². The Morgan fingerprint density at radius 2 is 1.55 bits per heavy atom. The molecule has 1 aliphatic rings. The number of aliphatic hydroxyl groups is 1. The van der Waals surface area contributed by atoms with Gasteiger partial charge in [-0.3, -0.25) is 4.90 Å². The van der Waals surface area contributed by atoms with Crippen LogP contribution in [0.15, 0.2) is 24.3 Å². The average Bonchev–Trinajstić information content (AvgIpc) is 2.38. The fourth-order valence-corrected chi connectivity index (χ4v) is 3.01. The number of hydrogen-bond donors (Lipinski definition) is 1. The van der Waals surface area contributed by atoms with Crippen LogP contribution in [0.2, 0.25) is 0 Å². The third kappa shape index (κ3) is 3.24. The summed E-state index contributed by atoms with van der Waals surface area (Å²) in [5, 5.41) is 10.9. The zero-order valence-electron chi connectivity index (χ0n) is 13.6. The van der Waals surface area contributed by atoms with E-state index in [-0.39, 0.29) is 5.54 Å². The van der Waals surface area contributed by atoms with Gasteiger partial charge in [0.05, 0.1) is 5.60 Å². The minimum absolute atomic E-state index is 0.197. The van der Waals surface area contributed by atoms with Gasteiger partial charge in [0.25, 0.3) is 0 Å². The molecule has 0 spiro atoms. The number of piperidine rings is 1. The van der Waals surface area contributed by atoms with Crippen molar-refractivity contribution in [3.63, 3.8) is 0 Å². The normalized spacial score (nSPS) is 20.4. The summed E-state index contributed by atoms with van der Waals surface area (Å²) >= 11 is 0. The predicted molar refractivity (Wildman–Crippen MR) is 85.0 cm³/mol. The highest BCUT2D eigenvalue weighted by molar-refractivity contribution is 5.29. The molecular weight excluding hydrogens is 246 g/mol. The van der Waals surface area contributed by atoms with Crippen molar-refractivity contribution in [2.45, 2.75) is 64.5 Å². The van der Waals surface area contributed by atoms with E-state index in [0.29, 0.717) is 5.92 Å². The molecule has 20 heavy (non-hydrogen) atoms. The molecule has 1 aromatic carbocycles. The van der Waals surface area contributed by atoms with Gasteiger partial charge in [0, 0.05) is 18.6 Å². The fraction of sp³-hybridized carbons (Fsp3) is 0.667. The van der Waals surface area contributed by atoms with E-state index in [2.05, 4.69) is 63.8 Å². The average molecular weight is 275 g/mol. The summed E-state index contributed by atoms with van der Waals surface area (Å²) in [6, 6.07) is 8.55. The smallest absolute Gasteiger partial charge is 0.0920 e. The second-order valence-corrected chi connectivity index (χ2v) is 7.47. The standard InChI is InChI=1S/C18H29NO/c1-14(2)15-6-8-16(9-7-15)18(20)10-12-19(13-11-18)17(3,4)5/h6-9,14,20H,10-13H2,1-5H3. The van der Waals surface area contributed by atoms with E-state index in [1.807, 2.05) is 0 Å². The maximum atomic E-state index is 10.9. The molecule has 0 bridgehead atoms. The first-order valence-corrected chi connectivity index (χ1v) is 7.80. The second kappa shape index (κ2) is 5.50. The first kappa shape index (κ1) is 15.5. The Morgan fingerprint density at radius 3 is 1.95 bits per heavy atom. The third-order valence-electron chi connectivity index (χ3n) is 4.65. The molecule has 0 amide bonds. The molecule has 2 rings (SSSR count). The zero-order valence-corrected chi connectivity index (χ0v) is 13.6. The largest absolute Gasteiger partial charge is 0.385 e. The molecule has 2 heteroatoms. The highest BCUT2D eigenvalue weighted by Crippen LogP contribution is 2.35. The Hall–Kier alpha value is -0.860. The lowest BCUT2D eigenvalue weighted by atomic mass is 9.82. The summed E-state index contributed by atoms with van der Waals surface area (Å²) in [4.78, 5) is 2.46. The highest BCUT2D eigenvalue weighted by atomic mass is 16.3. The SMILES string of the molecule is CC(C)c1ccc(C2(O)CCN(C(C)(C)C)CC2)cc1. The molecule has 1 saturated heterocycles. The van der Waals surface area contributed by atoms with Gasteiger partial charge in [-0.05, 0) is 50.7 Å². The van der Waals surface area contributed by atoms with Crippen LogP contribution >= 0.6 is 0 Å². The number of nitrogens with zero attached hydrogens (tertiary/aromatic N) is 1. The molecule has 0 aromatic heterocycles.